The van der Waals surface area contributed by atoms with Gasteiger partial charge in [0.25, 0.3) is 5.91 Å². The zero-order valence-electron chi connectivity index (χ0n) is 19.9. The van der Waals surface area contributed by atoms with Gasteiger partial charge in [-0.05, 0) is 80.2 Å². The Morgan fingerprint density at radius 3 is 2.42 bits per heavy atom. The summed E-state index contributed by atoms with van der Waals surface area (Å²) in [5.41, 5.74) is 0.839. The molecule has 4 rings (SSSR count). The van der Waals surface area contributed by atoms with Crippen LogP contribution in [0.4, 0.5) is 4.39 Å². The Bertz CT molecular complexity index is 879. The van der Waals surface area contributed by atoms with Gasteiger partial charge in [0.1, 0.15) is 11.6 Å². The van der Waals surface area contributed by atoms with Crippen LogP contribution in [0, 0.1) is 29.0 Å². The monoisotopic (exact) mass is 461 g/mol. The second kappa shape index (κ2) is 9.61. The molecule has 3 saturated carbocycles. The van der Waals surface area contributed by atoms with E-state index in [1.807, 2.05) is 0 Å². The van der Waals surface area contributed by atoms with Gasteiger partial charge in [-0.1, -0.05) is 13.8 Å². The number of hydrogen-bond acceptors (Lipinski definition) is 4. The maximum atomic E-state index is 15.0. The van der Waals surface area contributed by atoms with Crippen molar-refractivity contribution in [2.45, 2.75) is 70.8 Å². The van der Waals surface area contributed by atoms with Crippen LogP contribution in [0.1, 0.15) is 80.6 Å². The van der Waals surface area contributed by atoms with Crippen molar-refractivity contribution < 1.29 is 28.6 Å². The molecule has 33 heavy (non-hydrogen) atoms. The van der Waals surface area contributed by atoms with Crippen LogP contribution in [-0.4, -0.2) is 43.3 Å². The van der Waals surface area contributed by atoms with Crippen LogP contribution in [0.25, 0.3) is 0 Å². The van der Waals surface area contributed by atoms with Crippen molar-refractivity contribution in [2.24, 2.45) is 23.2 Å². The van der Waals surface area contributed by atoms with Crippen molar-refractivity contribution in [1.29, 1.82) is 0 Å². The van der Waals surface area contributed by atoms with Crippen LogP contribution in [-0.2, 0) is 9.53 Å². The highest BCUT2D eigenvalue weighted by Crippen LogP contribution is 2.53. The highest BCUT2D eigenvalue weighted by atomic mass is 19.1. The van der Waals surface area contributed by atoms with Crippen LogP contribution >= 0.6 is 0 Å². The minimum Gasteiger partial charge on any atom is -0.493 e. The number of carbonyl (C=O) groups is 2. The van der Waals surface area contributed by atoms with E-state index in [4.69, 9.17) is 9.47 Å². The molecular weight excluding hydrogens is 425 g/mol. The Labute approximate surface area is 195 Å². The SMILES string of the molecule is COCC(NC(=O)c1cc(C2CC2)c(OCC23CC(C)CC(CC(C)C2)C3)cc1F)C(=O)O. The van der Waals surface area contributed by atoms with Gasteiger partial charge in [0.15, 0.2) is 6.04 Å². The van der Waals surface area contributed by atoms with Crippen LogP contribution < -0.4 is 10.1 Å². The molecule has 1 aromatic rings. The van der Waals surface area contributed by atoms with Crippen LogP contribution in [0.2, 0.25) is 0 Å². The predicted molar refractivity (Wildman–Crippen MR) is 122 cm³/mol. The van der Waals surface area contributed by atoms with E-state index in [-0.39, 0.29) is 23.5 Å². The fraction of sp³-hybridized carbons (Fsp3) is 0.692. The topological polar surface area (TPSA) is 84.9 Å². The number of amides is 1. The van der Waals surface area contributed by atoms with E-state index in [2.05, 4.69) is 19.2 Å². The van der Waals surface area contributed by atoms with E-state index in [0.717, 1.165) is 37.2 Å². The number of benzene rings is 1. The van der Waals surface area contributed by atoms with Gasteiger partial charge in [-0.2, -0.15) is 0 Å². The molecule has 0 aromatic heterocycles. The molecule has 2 bridgehead atoms. The summed E-state index contributed by atoms with van der Waals surface area (Å²) in [4.78, 5) is 24.0. The van der Waals surface area contributed by atoms with Crippen molar-refractivity contribution in [1.82, 2.24) is 5.32 Å². The molecule has 0 saturated heterocycles. The number of carboxylic acid groups (broad SMARTS) is 1. The van der Waals surface area contributed by atoms with E-state index in [1.165, 1.54) is 32.4 Å². The molecule has 6 nitrogen and oxygen atoms in total. The Morgan fingerprint density at radius 2 is 1.85 bits per heavy atom. The van der Waals surface area contributed by atoms with E-state index >= 15 is 4.39 Å². The van der Waals surface area contributed by atoms with E-state index < -0.39 is 23.7 Å². The molecule has 3 fully saturated rings. The quantitative estimate of drug-likeness (QED) is 0.554. The molecule has 3 atom stereocenters. The number of ether oxygens (including phenoxy) is 2. The number of nitrogens with one attached hydrogen (secondary N) is 1. The third-order valence-corrected chi connectivity index (χ3v) is 7.59. The number of carbonyl (C=O) groups excluding carboxylic acids is 1. The summed E-state index contributed by atoms with van der Waals surface area (Å²) in [7, 11) is 1.35. The first kappa shape index (κ1) is 24.0. The molecule has 0 heterocycles. The van der Waals surface area contributed by atoms with Gasteiger partial charge < -0.3 is 19.9 Å². The number of fused-ring (bicyclic) bond motifs is 2. The van der Waals surface area contributed by atoms with Gasteiger partial charge in [-0.25, -0.2) is 9.18 Å². The zero-order valence-corrected chi connectivity index (χ0v) is 19.9. The second-order valence-corrected chi connectivity index (χ2v) is 10.9. The third-order valence-electron chi connectivity index (χ3n) is 7.59. The first-order valence-electron chi connectivity index (χ1n) is 12.2. The predicted octanol–water partition coefficient (Wildman–Crippen LogP) is 4.76. The Kier molecular flexibility index (Phi) is 6.99. The molecule has 3 aliphatic carbocycles. The average molecular weight is 462 g/mol. The van der Waals surface area contributed by atoms with Gasteiger partial charge in [-0.3, -0.25) is 4.79 Å². The maximum absolute atomic E-state index is 15.0. The first-order valence-corrected chi connectivity index (χ1v) is 12.2. The second-order valence-electron chi connectivity index (χ2n) is 10.9. The lowest BCUT2D eigenvalue weighted by molar-refractivity contribution is -0.140. The van der Waals surface area contributed by atoms with Gasteiger partial charge in [0.2, 0.25) is 0 Å². The molecule has 0 aliphatic heterocycles. The van der Waals surface area contributed by atoms with Crippen molar-refractivity contribution in [3.63, 3.8) is 0 Å². The summed E-state index contributed by atoms with van der Waals surface area (Å²) in [5, 5.41) is 11.6. The van der Waals surface area contributed by atoms with Gasteiger partial charge in [0.05, 0.1) is 18.8 Å². The number of hydrogen-bond donors (Lipinski definition) is 2. The lowest BCUT2D eigenvalue weighted by atomic mass is 9.57. The first-order chi connectivity index (χ1) is 15.7. The number of carboxylic acids is 1. The normalized spacial score (nSPS) is 29.9. The third kappa shape index (κ3) is 5.51. The molecule has 7 heteroatoms. The molecular formula is C26H36FNO5. The number of methoxy groups -OCH3 is 1. The summed E-state index contributed by atoms with van der Waals surface area (Å²) in [6.45, 7) is 5.04. The zero-order chi connectivity index (χ0) is 23.8. The summed E-state index contributed by atoms with van der Waals surface area (Å²) < 4.78 is 26.2. The van der Waals surface area contributed by atoms with E-state index in [0.29, 0.717) is 24.2 Å². The minimum absolute atomic E-state index is 0.141. The standard InChI is InChI=1S/C26H36FNO5/c1-15-6-17-7-16(2)11-26(10-15,12-17)14-33-23-9-21(27)20(8-19(23)18-4-5-18)24(29)28-22(13-32-3)25(30)31/h8-9,15-18,22H,4-7,10-14H2,1-3H3,(H,28,29)(H,30,31). The van der Waals surface area contributed by atoms with Crippen molar-refractivity contribution in [2.75, 3.05) is 20.3 Å². The molecule has 182 valence electrons. The molecule has 0 spiro atoms. The number of aliphatic carboxylic acids is 1. The van der Waals surface area contributed by atoms with Crippen molar-refractivity contribution in [3.05, 3.63) is 29.1 Å². The highest BCUT2D eigenvalue weighted by Gasteiger charge is 2.45. The van der Waals surface area contributed by atoms with Crippen LogP contribution in [0.15, 0.2) is 12.1 Å². The largest absolute Gasteiger partial charge is 0.493 e. The summed E-state index contributed by atoms with van der Waals surface area (Å²) in [6, 6.07) is 1.63. The maximum Gasteiger partial charge on any atom is 0.328 e. The molecule has 0 radical (unpaired) electrons. The summed E-state index contributed by atoms with van der Waals surface area (Å²) >= 11 is 0. The van der Waals surface area contributed by atoms with E-state index in [1.54, 1.807) is 6.07 Å². The molecule has 1 amide bonds. The molecule has 2 N–H and O–H groups in total. The van der Waals surface area contributed by atoms with Gasteiger partial charge >= 0.3 is 5.97 Å². The Balaban J connectivity index is 1.53. The molecule has 1 aromatic carbocycles. The van der Waals surface area contributed by atoms with Crippen LogP contribution in [0.3, 0.4) is 0 Å². The lowest BCUT2D eigenvalue weighted by Crippen LogP contribution is -2.44. The number of rotatable bonds is 9. The van der Waals surface area contributed by atoms with Gasteiger partial charge in [0, 0.05) is 18.6 Å². The van der Waals surface area contributed by atoms with E-state index in [9.17, 15) is 14.7 Å². The minimum atomic E-state index is -1.24. The average Bonchev–Trinajstić information content (AvgIpc) is 3.56. The smallest absolute Gasteiger partial charge is 0.328 e. The lowest BCUT2D eigenvalue weighted by Gasteiger charge is -2.49. The van der Waals surface area contributed by atoms with Crippen LogP contribution in [0.5, 0.6) is 5.75 Å². The Morgan fingerprint density at radius 1 is 1.18 bits per heavy atom. The summed E-state index contributed by atoms with van der Waals surface area (Å²) in [6.07, 6.45) is 8.00. The van der Waals surface area contributed by atoms with Crippen molar-refractivity contribution >= 4 is 11.9 Å². The highest BCUT2D eigenvalue weighted by molar-refractivity contribution is 5.97. The molecule has 3 aliphatic rings. The fourth-order valence-corrected chi connectivity index (χ4v) is 6.48. The fourth-order valence-electron chi connectivity index (χ4n) is 6.48. The van der Waals surface area contributed by atoms with Crippen molar-refractivity contribution in [3.8, 4) is 5.75 Å². The Hall–Kier alpha value is -2.15. The summed E-state index contributed by atoms with van der Waals surface area (Å²) in [5.74, 6) is 0.212. The number of halogens is 1. The van der Waals surface area contributed by atoms with Gasteiger partial charge in [-0.15, -0.1) is 0 Å². The molecule has 3 unspecified atom stereocenters.